The Hall–Kier alpha value is -1.36. The number of fused-ring (bicyclic) bond motifs is 1. The fourth-order valence-corrected chi connectivity index (χ4v) is 1.72. The Morgan fingerprint density at radius 2 is 2.33 bits per heavy atom. The second-order valence-electron chi connectivity index (χ2n) is 3.09. The molecule has 0 saturated heterocycles. The van der Waals surface area contributed by atoms with Gasteiger partial charge in [-0.15, -0.1) is 0 Å². The number of benzene rings is 1. The van der Waals surface area contributed by atoms with Crippen molar-refractivity contribution in [1.82, 2.24) is 4.98 Å². The van der Waals surface area contributed by atoms with Crippen molar-refractivity contribution in [2.75, 3.05) is 0 Å². The molecule has 2 aromatic rings. The molecule has 1 heterocycles. The molecule has 1 aromatic heterocycles. The first-order valence-corrected chi connectivity index (χ1v) is 5.22. The van der Waals surface area contributed by atoms with E-state index in [2.05, 4.69) is 20.9 Å². The molecule has 0 aliphatic heterocycles. The normalized spacial score (nSPS) is 10.7. The summed E-state index contributed by atoms with van der Waals surface area (Å²) in [6, 6.07) is 5.54. The van der Waals surface area contributed by atoms with Crippen LogP contribution in [0.3, 0.4) is 0 Å². The smallest absolute Gasteiger partial charge is 0.303 e. The molecule has 0 spiro atoms. The van der Waals surface area contributed by atoms with Crippen molar-refractivity contribution >= 4 is 33.0 Å². The molecule has 1 aromatic carbocycles. The third kappa shape index (κ3) is 2.18. The van der Waals surface area contributed by atoms with Crippen LogP contribution in [0.1, 0.15) is 12.3 Å². The van der Waals surface area contributed by atoms with Gasteiger partial charge >= 0.3 is 5.97 Å². The van der Waals surface area contributed by atoms with Crippen molar-refractivity contribution in [3.8, 4) is 0 Å². The van der Waals surface area contributed by atoms with Crippen molar-refractivity contribution in [3.63, 3.8) is 0 Å². The molecule has 0 atom stereocenters. The van der Waals surface area contributed by atoms with Gasteiger partial charge in [0.15, 0.2) is 11.5 Å². The van der Waals surface area contributed by atoms with Crippen molar-refractivity contribution in [3.05, 3.63) is 28.6 Å². The third-order valence-electron chi connectivity index (χ3n) is 1.96. The van der Waals surface area contributed by atoms with E-state index in [1.54, 1.807) is 0 Å². The van der Waals surface area contributed by atoms with Gasteiger partial charge in [-0.05, 0) is 28.1 Å². The summed E-state index contributed by atoms with van der Waals surface area (Å²) < 4.78 is 6.26. The zero-order valence-corrected chi connectivity index (χ0v) is 9.32. The minimum atomic E-state index is -0.851. The minimum absolute atomic E-state index is 0.0322. The highest BCUT2D eigenvalue weighted by Gasteiger charge is 2.09. The average molecular weight is 270 g/mol. The number of rotatable bonds is 3. The molecule has 78 valence electrons. The zero-order chi connectivity index (χ0) is 10.8. The van der Waals surface area contributed by atoms with Crippen LogP contribution < -0.4 is 0 Å². The van der Waals surface area contributed by atoms with Gasteiger partial charge in [-0.3, -0.25) is 4.79 Å². The Morgan fingerprint density at radius 1 is 1.53 bits per heavy atom. The van der Waals surface area contributed by atoms with Crippen LogP contribution in [0.4, 0.5) is 0 Å². The summed E-state index contributed by atoms with van der Waals surface area (Å²) in [5.41, 5.74) is 1.41. The van der Waals surface area contributed by atoms with Crippen LogP contribution in [0.5, 0.6) is 0 Å². The number of nitrogens with zero attached hydrogens (tertiary/aromatic N) is 1. The predicted molar refractivity (Wildman–Crippen MR) is 57.7 cm³/mol. The molecule has 5 heteroatoms. The molecule has 0 fully saturated rings. The largest absolute Gasteiger partial charge is 0.481 e. The van der Waals surface area contributed by atoms with E-state index >= 15 is 0 Å². The van der Waals surface area contributed by atoms with E-state index in [0.29, 0.717) is 17.9 Å². The fraction of sp³-hybridized carbons (Fsp3) is 0.200. The first-order chi connectivity index (χ1) is 7.16. The monoisotopic (exact) mass is 269 g/mol. The lowest BCUT2D eigenvalue weighted by atomic mass is 10.3. The lowest BCUT2D eigenvalue weighted by molar-refractivity contribution is -0.137. The summed E-state index contributed by atoms with van der Waals surface area (Å²) >= 11 is 3.34. The molecule has 1 N–H and O–H groups in total. The molecule has 4 nitrogen and oxygen atoms in total. The number of aliphatic carboxylic acids is 1. The molecule has 2 rings (SSSR count). The Bertz CT molecular complexity index is 506. The number of hydrogen-bond acceptors (Lipinski definition) is 3. The summed E-state index contributed by atoms with van der Waals surface area (Å²) in [7, 11) is 0. The van der Waals surface area contributed by atoms with Gasteiger partial charge in [0.25, 0.3) is 0 Å². The Kier molecular flexibility index (Phi) is 2.73. The first-order valence-electron chi connectivity index (χ1n) is 4.42. The summed E-state index contributed by atoms with van der Waals surface area (Å²) in [6.07, 6.45) is 0.348. The van der Waals surface area contributed by atoms with E-state index in [-0.39, 0.29) is 6.42 Å². The summed E-state index contributed by atoms with van der Waals surface area (Å²) in [5.74, 6) is -0.393. The summed E-state index contributed by atoms with van der Waals surface area (Å²) in [4.78, 5) is 14.6. The highest BCUT2D eigenvalue weighted by molar-refractivity contribution is 9.10. The molecule has 0 aliphatic carbocycles. The number of halogens is 1. The van der Waals surface area contributed by atoms with Crippen LogP contribution in [0.15, 0.2) is 27.1 Å². The maximum atomic E-state index is 10.4. The SMILES string of the molecule is O=C(O)CCc1nc2cccc(Br)c2o1. The van der Waals surface area contributed by atoms with E-state index in [1.807, 2.05) is 18.2 Å². The van der Waals surface area contributed by atoms with Crippen LogP contribution in [0.2, 0.25) is 0 Å². The topological polar surface area (TPSA) is 63.3 Å². The Labute approximate surface area is 94.0 Å². The van der Waals surface area contributed by atoms with Gasteiger partial charge in [0, 0.05) is 6.42 Å². The van der Waals surface area contributed by atoms with Gasteiger partial charge in [-0.25, -0.2) is 4.98 Å². The minimum Gasteiger partial charge on any atom is -0.481 e. The second kappa shape index (κ2) is 4.02. The highest BCUT2D eigenvalue weighted by Crippen LogP contribution is 2.24. The number of aryl methyl sites for hydroxylation is 1. The Balaban J connectivity index is 2.31. The molecule has 0 radical (unpaired) electrons. The third-order valence-corrected chi connectivity index (χ3v) is 2.59. The highest BCUT2D eigenvalue weighted by atomic mass is 79.9. The maximum Gasteiger partial charge on any atom is 0.303 e. The van der Waals surface area contributed by atoms with Crippen LogP contribution in [-0.2, 0) is 11.2 Å². The first kappa shape index (κ1) is 10.2. The Morgan fingerprint density at radius 3 is 3.00 bits per heavy atom. The van der Waals surface area contributed by atoms with Gasteiger partial charge in [-0.1, -0.05) is 6.07 Å². The number of aromatic nitrogens is 1. The average Bonchev–Trinajstić information content (AvgIpc) is 2.59. The molecule has 0 saturated carbocycles. The van der Waals surface area contributed by atoms with Gasteiger partial charge in [0.1, 0.15) is 5.52 Å². The van der Waals surface area contributed by atoms with Crippen molar-refractivity contribution < 1.29 is 14.3 Å². The van der Waals surface area contributed by atoms with Crippen LogP contribution >= 0.6 is 15.9 Å². The number of carboxylic acids is 1. The maximum absolute atomic E-state index is 10.4. The summed E-state index contributed by atoms with van der Waals surface area (Å²) in [6.45, 7) is 0. The molecule has 0 amide bonds. The van der Waals surface area contributed by atoms with E-state index < -0.39 is 5.97 Å². The van der Waals surface area contributed by atoms with Crippen molar-refractivity contribution in [2.45, 2.75) is 12.8 Å². The van der Waals surface area contributed by atoms with Gasteiger partial charge in [-0.2, -0.15) is 0 Å². The van der Waals surface area contributed by atoms with Gasteiger partial charge in [0.05, 0.1) is 10.9 Å². The molecular formula is C10H8BrNO3. The molecule has 0 unspecified atom stereocenters. The standard InChI is InChI=1S/C10H8BrNO3/c11-6-2-1-3-7-10(6)15-8(12-7)4-5-9(13)14/h1-3H,4-5H2,(H,13,14). The molecular weight excluding hydrogens is 262 g/mol. The van der Waals surface area contributed by atoms with E-state index in [0.717, 1.165) is 9.99 Å². The summed E-state index contributed by atoms with van der Waals surface area (Å²) in [5, 5.41) is 8.53. The van der Waals surface area contributed by atoms with Crippen LogP contribution in [0, 0.1) is 0 Å². The second-order valence-corrected chi connectivity index (χ2v) is 3.94. The fourth-order valence-electron chi connectivity index (χ4n) is 1.28. The lowest BCUT2D eigenvalue weighted by Gasteiger charge is -1.89. The van der Waals surface area contributed by atoms with Crippen molar-refractivity contribution in [2.24, 2.45) is 0 Å². The lowest BCUT2D eigenvalue weighted by Crippen LogP contribution is -1.97. The molecule has 0 bridgehead atoms. The van der Waals surface area contributed by atoms with Crippen LogP contribution in [-0.4, -0.2) is 16.1 Å². The van der Waals surface area contributed by atoms with Gasteiger partial charge in [0.2, 0.25) is 0 Å². The van der Waals surface area contributed by atoms with Gasteiger partial charge < -0.3 is 9.52 Å². The van der Waals surface area contributed by atoms with E-state index in [4.69, 9.17) is 9.52 Å². The zero-order valence-electron chi connectivity index (χ0n) is 7.74. The number of para-hydroxylation sites is 1. The number of carbonyl (C=O) groups is 1. The number of hydrogen-bond donors (Lipinski definition) is 1. The van der Waals surface area contributed by atoms with Crippen molar-refractivity contribution in [1.29, 1.82) is 0 Å². The van der Waals surface area contributed by atoms with E-state index in [9.17, 15) is 4.79 Å². The quantitative estimate of drug-likeness (QED) is 0.931. The molecule has 0 aliphatic rings. The number of oxazole rings is 1. The van der Waals surface area contributed by atoms with Crippen LogP contribution in [0.25, 0.3) is 11.1 Å². The predicted octanol–water partition coefficient (Wildman–Crippen LogP) is 2.61. The van der Waals surface area contributed by atoms with E-state index in [1.165, 1.54) is 0 Å². The number of carboxylic acid groups (broad SMARTS) is 1. The molecule has 15 heavy (non-hydrogen) atoms.